The first-order valence-corrected chi connectivity index (χ1v) is 11.2. The van der Waals surface area contributed by atoms with Gasteiger partial charge in [-0.1, -0.05) is 48.5 Å². The van der Waals surface area contributed by atoms with Crippen LogP contribution in [0.15, 0.2) is 66.7 Å². The predicted molar refractivity (Wildman–Crippen MR) is 121 cm³/mol. The van der Waals surface area contributed by atoms with Gasteiger partial charge in [0.15, 0.2) is 0 Å². The standard InChI is InChI=1S/C27H24F2N2O2/c28-17-9-10-22(24(29)14-17)27(33)30-12-11-25(32)31-15-16-13-23-18-5-1-3-7-20(18)26(16)21-8-4-2-6-19(21)23/h1-10,14,16,23,26H,11-13,15H2,(H,30,33)(H,31,32)/t16-,23?,26?/m1/s1. The van der Waals surface area contributed by atoms with Crippen LogP contribution in [-0.4, -0.2) is 24.9 Å². The van der Waals surface area contributed by atoms with Gasteiger partial charge in [-0.3, -0.25) is 9.59 Å². The van der Waals surface area contributed by atoms with E-state index in [1.165, 1.54) is 22.3 Å². The van der Waals surface area contributed by atoms with E-state index in [-0.39, 0.29) is 30.4 Å². The number of carbonyl (C=O) groups is 2. The topological polar surface area (TPSA) is 58.2 Å². The quantitative estimate of drug-likeness (QED) is 0.586. The smallest absolute Gasteiger partial charge is 0.254 e. The highest BCUT2D eigenvalue weighted by Crippen LogP contribution is 2.55. The Kier molecular flexibility index (Phi) is 5.67. The van der Waals surface area contributed by atoms with E-state index in [0.717, 1.165) is 18.6 Å². The molecule has 0 spiro atoms. The van der Waals surface area contributed by atoms with Crippen LogP contribution >= 0.6 is 0 Å². The number of amides is 2. The second kappa shape index (κ2) is 8.77. The number of hydrogen-bond donors (Lipinski definition) is 2. The van der Waals surface area contributed by atoms with Gasteiger partial charge in [0, 0.05) is 37.4 Å². The maximum absolute atomic E-state index is 13.7. The molecule has 2 amide bonds. The first kappa shape index (κ1) is 21.3. The third-order valence-corrected chi connectivity index (χ3v) is 6.80. The lowest BCUT2D eigenvalue weighted by Gasteiger charge is -2.45. The lowest BCUT2D eigenvalue weighted by molar-refractivity contribution is -0.121. The first-order chi connectivity index (χ1) is 16.0. The van der Waals surface area contributed by atoms with Crippen molar-refractivity contribution in [1.82, 2.24) is 10.6 Å². The summed E-state index contributed by atoms with van der Waals surface area (Å²) in [4.78, 5) is 24.5. The Morgan fingerprint density at radius 1 is 0.848 bits per heavy atom. The van der Waals surface area contributed by atoms with Crippen molar-refractivity contribution in [1.29, 1.82) is 0 Å². The van der Waals surface area contributed by atoms with Crippen LogP contribution in [0.1, 0.15) is 57.3 Å². The van der Waals surface area contributed by atoms with Crippen LogP contribution in [0.3, 0.4) is 0 Å². The molecule has 4 nitrogen and oxygen atoms in total. The molecule has 1 atom stereocenters. The summed E-state index contributed by atoms with van der Waals surface area (Å²) >= 11 is 0. The number of fused-ring (bicyclic) bond motifs is 1. The zero-order valence-electron chi connectivity index (χ0n) is 18.0. The van der Waals surface area contributed by atoms with Crippen molar-refractivity contribution < 1.29 is 18.4 Å². The Morgan fingerprint density at radius 2 is 1.48 bits per heavy atom. The molecule has 0 aliphatic heterocycles. The van der Waals surface area contributed by atoms with Crippen molar-refractivity contribution >= 4 is 11.8 Å². The Balaban J connectivity index is 1.18. The van der Waals surface area contributed by atoms with Gasteiger partial charge in [0.05, 0.1) is 5.56 Å². The molecule has 0 unspecified atom stereocenters. The minimum Gasteiger partial charge on any atom is -0.356 e. The Labute approximate surface area is 191 Å². The van der Waals surface area contributed by atoms with E-state index in [9.17, 15) is 18.4 Å². The summed E-state index contributed by atoms with van der Waals surface area (Å²) in [6.45, 7) is 0.632. The minimum atomic E-state index is -0.926. The van der Waals surface area contributed by atoms with Gasteiger partial charge in [-0.2, -0.15) is 0 Å². The fourth-order valence-corrected chi connectivity index (χ4v) is 5.35. The third-order valence-electron chi connectivity index (χ3n) is 6.80. The Bertz CT molecular complexity index is 1180. The van der Waals surface area contributed by atoms with Gasteiger partial charge in [-0.05, 0) is 46.7 Å². The summed E-state index contributed by atoms with van der Waals surface area (Å²) in [5.41, 5.74) is 5.23. The number of benzene rings is 3. The highest BCUT2D eigenvalue weighted by atomic mass is 19.1. The average Bonchev–Trinajstić information content (AvgIpc) is 2.83. The molecular formula is C27H24F2N2O2. The molecule has 6 rings (SSSR count). The van der Waals surface area contributed by atoms with Crippen LogP contribution < -0.4 is 10.6 Å². The van der Waals surface area contributed by atoms with Crippen molar-refractivity contribution in [2.75, 3.05) is 13.1 Å². The van der Waals surface area contributed by atoms with E-state index in [4.69, 9.17) is 0 Å². The monoisotopic (exact) mass is 446 g/mol. The minimum absolute atomic E-state index is 0.0733. The lowest BCUT2D eigenvalue weighted by Crippen LogP contribution is -2.40. The Morgan fingerprint density at radius 3 is 2.12 bits per heavy atom. The predicted octanol–water partition coefficient (Wildman–Crippen LogP) is 4.50. The molecule has 0 aromatic heterocycles. The summed E-state index contributed by atoms with van der Waals surface area (Å²) in [6, 6.07) is 19.9. The van der Waals surface area contributed by atoms with Crippen LogP contribution in [0.4, 0.5) is 8.78 Å². The molecule has 6 heteroatoms. The van der Waals surface area contributed by atoms with Gasteiger partial charge >= 0.3 is 0 Å². The number of hydrogen-bond acceptors (Lipinski definition) is 2. The van der Waals surface area contributed by atoms with Crippen molar-refractivity contribution in [3.63, 3.8) is 0 Å². The number of nitrogens with one attached hydrogen (secondary N) is 2. The van der Waals surface area contributed by atoms with Crippen LogP contribution in [0.5, 0.6) is 0 Å². The SMILES string of the molecule is O=C(CCNC(=O)c1ccc(F)cc1F)NC[C@H]1CC2c3ccccc3C1c1ccccc12. The number of rotatable bonds is 6. The van der Waals surface area contributed by atoms with Gasteiger partial charge < -0.3 is 10.6 Å². The van der Waals surface area contributed by atoms with Crippen LogP contribution in [0.25, 0.3) is 0 Å². The first-order valence-electron chi connectivity index (χ1n) is 11.2. The number of carbonyl (C=O) groups excluding carboxylic acids is 2. The summed E-state index contributed by atoms with van der Waals surface area (Å²) in [7, 11) is 0. The summed E-state index contributed by atoms with van der Waals surface area (Å²) in [5, 5.41) is 5.54. The van der Waals surface area contributed by atoms with E-state index in [1.807, 2.05) is 0 Å². The average molecular weight is 446 g/mol. The van der Waals surface area contributed by atoms with Gasteiger partial charge in [-0.15, -0.1) is 0 Å². The molecule has 0 saturated carbocycles. The molecule has 2 N–H and O–H groups in total. The molecule has 3 aromatic rings. The normalized spacial score (nSPS) is 20.0. The molecule has 3 aromatic carbocycles. The lowest BCUT2D eigenvalue weighted by atomic mass is 9.59. The molecule has 2 bridgehead atoms. The van der Waals surface area contributed by atoms with Crippen LogP contribution in [0.2, 0.25) is 0 Å². The fraction of sp³-hybridized carbons (Fsp3) is 0.259. The van der Waals surface area contributed by atoms with E-state index in [0.29, 0.717) is 24.4 Å². The third kappa shape index (κ3) is 4.01. The van der Waals surface area contributed by atoms with E-state index in [2.05, 4.69) is 59.2 Å². The highest BCUT2D eigenvalue weighted by molar-refractivity contribution is 5.94. The van der Waals surface area contributed by atoms with Gasteiger partial charge in [0.25, 0.3) is 5.91 Å². The van der Waals surface area contributed by atoms with Crippen molar-refractivity contribution in [3.8, 4) is 0 Å². The van der Waals surface area contributed by atoms with Crippen molar-refractivity contribution in [3.05, 3.63) is 106 Å². The van der Waals surface area contributed by atoms with Gasteiger partial charge in [-0.25, -0.2) is 8.78 Å². The van der Waals surface area contributed by atoms with E-state index in [1.54, 1.807) is 0 Å². The molecule has 168 valence electrons. The zero-order valence-corrected chi connectivity index (χ0v) is 18.0. The molecule has 0 heterocycles. The molecule has 0 saturated heterocycles. The van der Waals surface area contributed by atoms with E-state index >= 15 is 0 Å². The largest absolute Gasteiger partial charge is 0.356 e. The fourth-order valence-electron chi connectivity index (χ4n) is 5.35. The number of halogens is 2. The summed E-state index contributed by atoms with van der Waals surface area (Å²) in [6.07, 6.45) is 1.07. The molecule has 0 fully saturated rings. The van der Waals surface area contributed by atoms with Crippen molar-refractivity contribution in [2.45, 2.75) is 24.7 Å². The van der Waals surface area contributed by atoms with Crippen LogP contribution in [-0.2, 0) is 4.79 Å². The second-order valence-corrected chi connectivity index (χ2v) is 8.72. The molecule has 3 aliphatic carbocycles. The Hall–Kier alpha value is -3.54. The van der Waals surface area contributed by atoms with Gasteiger partial charge in [0.1, 0.15) is 11.6 Å². The summed E-state index contributed by atoms with van der Waals surface area (Å²) < 4.78 is 26.7. The van der Waals surface area contributed by atoms with Crippen molar-refractivity contribution in [2.24, 2.45) is 5.92 Å². The maximum atomic E-state index is 13.7. The molecule has 0 radical (unpaired) electrons. The molecule has 3 aliphatic rings. The second-order valence-electron chi connectivity index (χ2n) is 8.72. The molecule has 33 heavy (non-hydrogen) atoms. The zero-order chi connectivity index (χ0) is 22.9. The van der Waals surface area contributed by atoms with Crippen LogP contribution in [0, 0.1) is 17.6 Å². The maximum Gasteiger partial charge on any atom is 0.254 e. The summed E-state index contributed by atoms with van der Waals surface area (Å²) in [5.74, 6) is -1.62. The molecular weight excluding hydrogens is 422 g/mol. The highest BCUT2D eigenvalue weighted by Gasteiger charge is 2.42. The van der Waals surface area contributed by atoms with Gasteiger partial charge in [0.2, 0.25) is 5.91 Å². The van der Waals surface area contributed by atoms with E-state index < -0.39 is 17.5 Å².